The van der Waals surface area contributed by atoms with E-state index in [1.807, 2.05) is 0 Å². The number of likely N-dealkylation sites (tertiary alicyclic amines) is 1. The summed E-state index contributed by atoms with van der Waals surface area (Å²) in [5.41, 5.74) is 6.32. The van der Waals surface area contributed by atoms with Crippen LogP contribution in [0.5, 0.6) is 0 Å². The molecule has 2 unspecified atom stereocenters. The van der Waals surface area contributed by atoms with Crippen molar-refractivity contribution in [2.75, 3.05) is 39.8 Å². The summed E-state index contributed by atoms with van der Waals surface area (Å²) in [4.78, 5) is 9.34. The lowest BCUT2D eigenvalue weighted by Crippen LogP contribution is -2.54. The van der Waals surface area contributed by atoms with Crippen molar-refractivity contribution in [2.24, 2.45) is 10.7 Å². The Morgan fingerprint density at radius 1 is 1.37 bits per heavy atom. The molecular formula is C14H26N4O. The molecule has 3 heterocycles. The highest BCUT2D eigenvalue weighted by molar-refractivity contribution is 5.81. The van der Waals surface area contributed by atoms with Gasteiger partial charge in [0, 0.05) is 19.7 Å². The van der Waals surface area contributed by atoms with Crippen molar-refractivity contribution in [3.05, 3.63) is 0 Å². The van der Waals surface area contributed by atoms with Crippen molar-refractivity contribution in [1.82, 2.24) is 9.80 Å². The number of guanidine groups is 1. The Labute approximate surface area is 115 Å². The largest absolute Gasteiger partial charge is 0.376 e. The molecule has 0 aromatic rings. The number of hydrogen-bond acceptors (Lipinski definition) is 5. The van der Waals surface area contributed by atoms with Crippen molar-refractivity contribution < 1.29 is 4.74 Å². The van der Waals surface area contributed by atoms with E-state index in [-0.39, 0.29) is 5.54 Å². The molecule has 0 aromatic heterocycles. The molecule has 2 saturated heterocycles. The third-order valence-electron chi connectivity index (χ3n) is 4.94. The highest BCUT2D eigenvalue weighted by Crippen LogP contribution is 2.33. The maximum atomic E-state index is 6.16. The lowest BCUT2D eigenvalue weighted by molar-refractivity contribution is 0.0609. The summed E-state index contributed by atoms with van der Waals surface area (Å²) in [6.45, 7) is 5.05. The van der Waals surface area contributed by atoms with Crippen molar-refractivity contribution in [1.29, 1.82) is 0 Å². The lowest BCUT2D eigenvalue weighted by Gasteiger charge is -2.40. The first kappa shape index (κ1) is 13.2. The van der Waals surface area contributed by atoms with Crippen LogP contribution in [0.2, 0.25) is 0 Å². The zero-order chi connectivity index (χ0) is 13.3. The van der Waals surface area contributed by atoms with E-state index in [0.717, 1.165) is 32.2 Å². The van der Waals surface area contributed by atoms with Crippen LogP contribution >= 0.6 is 0 Å². The molecule has 3 aliphatic rings. The Morgan fingerprint density at radius 3 is 3.05 bits per heavy atom. The molecule has 1 spiro atoms. The number of ether oxygens (including phenoxy) is 1. The molecular weight excluding hydrogens is 240 g/mol. The Bertz CT molecular complexity index is 353. The maximum Gasteiger partial charge on any atom is 0.191 e. The average Bonchev–Trinajstić information content (AvgIpc) is 2.95. The minimum atomic E-state index is 0.167. The van der Waals surface area contributed by atoms with E-state index in [2.05, 4.69) is 21.8 Å². The monoisotopic (exact) mass is 266 g/mol. The van der Waals surface area contributed by atoms with Crippen LogP contribution in [0, 0.1) is 0 Å². The number of rotatable bonds is 2. The Kier molecular flexibility index (Phi) is 3.67. The highest BCUT2D eigenvalue weighted by Gasteiger charge is 2.43. The number of nitrogens with zero attached hydrogens (tertiary/aromatic N) is 3. The molecule has 19 heavy (non-hydrogen) atoms. The molecule has 108 valence electrons. The van der Waals surface area contributed by atoms with E-state index in [1.54, 1.807) is 0 Å². The molecule has 0 amide bonds. The first-order valence-corrected chi connectivity index (χ1v) is 7.57. The zero-order valence-electron chi connectivity index (χ0n) is 12.0. The third-order valence-corrected chi connectivity index (χ3v) is 4.94. The number of aliphatic imine (C=N–C) groups is 1. The molecule has 0 aromatic carbocycles. The quantitative estimate of drug-likeness (QED) is 0.797. The zero-order valence-corrected chi connectivity index (χ0v) is 12.0. The smallest absolute Gasteiger partial charge is 0.191 e. The molecule has 0 aliphatic carbocycles. The SMILES string of the molecule is CN1CCCC2(CC1)CN=C(N)N2CC1CCCO1. The topological polar surface area (TPSA) is 54.1 Å². The van der Waals surface area contributed by atoms with Gasteiger partial charge in [0.05, 0.1) is 18.2 Å². The summed E-state index contributed by atoms with van der Waals surface area (Å²) in [6.07, 6.45) is 6.31. The van der Waals surface area contributed by atoms with Crippen LogP contribution in [0.1, 0.15) is 32.1 Å². The Balaban J connectivity index is 1.72. The molecule has 5 heteroatoms. The fourth-order valence-electron chi connectivity index (χ4n) is 3.66. The Morgan fingerprint density at radius 2 is 2.26 bits per heavy atom. The second kappa shape index (κ2) is 5.29. The molecule has 2 N–H and O–H groups in total. The van der Waals surface area contributed by atoms with Crippen LogP contribution in [-0.4, -0.2) is 67.2 Å². The summed E-state index contributed by atoms with van der Waals surface area (Å²) in [5.74, 6) is 0.736. The minimum absolute atomic E-state index is 0.167. The fourth-order valence-corrected chi connectivity index (χ4v) is 3.66. The average molecular weight is 266 g/mol. The van der Waals surface area contributed by atoms with Gasteiger partial charge in [-0.2, -0.15) is 0 Å². The van der Waals surface area contributed by atoms with Gasteiger partial charge in [0.25, 0.3) is 0 Å². The van der Waals surface area contributed by atoms with Crippen molar-refractivity contribution in [3.63, 3.8) is 0 Å². The van der Waals surface area contributed by atoms with Crippen molar-refractivity contribution in [3.8, 4) is 0 Å². The van der Waals surface area contributed by atoms with Gasteiger partial charge in [0.1, 0.15) is 0 Å². The molecule has 3 rings (SSSR count). The predicted molar refractivity (Wildman–Crippen MR) is 76.2 cm³/mol. The fraction of sp³-hybridized carbons (Fsp3) is 0.929. The van der Waals surface area contributed by atoms with E-state index in [9.17, 15) is 0 Å². The van der Waals surface area contributed by atoms with Crippen LogP contribution in [0.15, 0.2) is 4.99 Å². The lowest BCUT2D eigenvalue weighted by atomic mass is 9.89. The van der Waals surface area contributed by atoms with Gasteiger partial charge in [-0.25, -0.2) is 0 Å². The van der Waals surface area contributed by atoms with E-state index in [0.29, 0.717) is 6.10 Å². The summed E-state index contributed by atoms with van der Waals surface area (Å²) in [5, 5.41) is 0. The van der Waals surface area contributed by atoms with Gasteiger partial charge >= 0.3 is 0 Å². The van der Waals surface area contributed by atoms with Gasteiger partial charge in [-0.1, -0.05) is 0 Å². The summed E-state index contributed by atoms with van der Waals surface area (Å²) in [7, 11) is 2.21. The minimum Gasteiger partial charge on any atom is -0.376 e. The van der Waals surface area contributed by atoms with Gasteiger partial charge < -0.3 is 20.3 Å². The maximum absolute atomic E-state index is 6.16. The van der Waals surface area contributed by atoms with Crippen LogP contribution in [-0.2, 0) is 4.74 Å². The number of hydrogen-bond donors (Lipinski definition) is 1. The molecule has 2 atom stereocenters. The summed E-state index contributed by atoms with van der Waals surface area (Å²) in [6, 6.07) is 0. The molecule has 3 aliphatic heterocycles. The van der Waals surface area contributed by atoms with Gasteiger partial charge in [0.15, 0.2) is 5.96 Å². The van der Waals surface area contributed by atoms with Crippen LogP contribution in [0.3, 0.4) is 0 Å². The highest BCUT2D eigenvalue weighted by atomic mass is 16.5. The van der Waals surface area contributed by atoms with Gasteiger partial charge in [-0.05, 0) is 45.7 Å². The molecule has 0 bridgehead atoms. The van der Waals surface area contributed by atoms with Gasteiger partial charge in [-0.15, -0.1) is 0 Å². The number of nitrogens with two attached hydrogens (primary N) is 1. The van der Waals surface area contributed by atoms with Crippen LogP contribution in [0.4, 0.5) is 0 Å². The molecule has 2 fully saturated rings. The first-order chi connectivity index (χ1) is 9.20. The van der Waals surface area contributed by atoms with Gasteiger partial charge in [0.2, 0.25) is 0 Å². The summed E-state index contributed by atoms with van der Waals surface area (Å²) < 4.78 is 5.79. The predicted octanol–water partition coefficient (Wildman–Crippen LogP) is 0.650. The molecule has 0 saturated carbocycles. The van der Waals surface area contributed by atoms with Crippen molar-refractivity contribution >= 4 is 5.96 Å². The normalized spacial score (nSPS) is 36.8. The van der Waals surface area contributed by atoms with E-state index >= 15 is 0 Å². The second-order valence-electron chi connectivity index (χ2n) is 6.30. The summed E-state index contributed by atoms with van der Waals surface area (Å²) >= 11 is 0. The third kappa shape index (κ3) is 2.58. The standard InChI is InChI=1S/C14H26N4O/c1-17-7-3-5-14(6-8-17)11-16-13(15)18(14)10-12-4-2-9-19-12/h12H,2-11H2,1H3,(H2,15,16). The van der Waals surface area contributed by atoms with Crippen LogP contribution < -0.4 is 5.73 Å². The van der Waals surface area contributed by atoms with E-state index in [1.165, 1.54) is 38.6 Å². The van der Waals surface area contributed by atoms with E-state index in [4.69, 9.17) is 10.5 Å². The van der Waals surface area contributed by atoms with E-state index < -0.39 is 0 Å². The van der Waals surface area contributed by atoms with Gasteiger partial charge in [-0.3, -0.25) is 4.99 Å². The van der Waals surface area contributed by atoms with Crippen LogP contribution in [0.25, 0.3) is 0 Å². The van der Waals surface area contributed by atoms with Crippen molar-refractivity contribution in [2.45, 2.75) is 43.7 Å². The first-order valence-electron chi connectivity index (χ1n) is 7.57. The Hall–Kier alpha value is -0.810. The second-order valence-corrected chi connectivity index (χ2v) is 6.30. The molecule has 5 nitrogen and oxygen atoms in total. The molecule has 0 radical (unpaired) electrons.